The summed E-state index contributed by atoms with van der Waals surface area (Å²) in [5.74, 6) is -2.39. The number of rotatable bonds is 12. The zero-order valence-corrected chi connectivity index (χ0v) is 21.7. The molecule has 1 atom stereocenters. The summed E-state index contributed by atoms with van der Waals surface area (Å²) in [5, 5.41) is 19.3. The van der Waals surface area contributed by atoms with Gasteiger partial charge in [-0.05, 0) is 29.2 Å². The molecule has 2 N–H and O–H groups in total. The van der Waals surface area contributed by atoms with Gasteiger partial charge in [0.1, 0.15) is 18.0 Å². The van der Waals surface area contributed by atoms with E-state index in [4.69, 9.17) is 9.84 Å². The first-order valence-electron chi connectivity index (χ1n) is 12.3. The third kappa shape index (κ3) is 7.34. The average Bonchev–Trinajstić information content (AvgIpc) is 2.86. The fourth-order valence-electron chi connectivity index (χ4n) is 4.43. The smallest absolute Gasteiger partial charge is 0.310 e. The summed E-state index contributed by atoms with van der Waals surface area (Å²) in [7, 11) is 1.66. The number of carboxylic acids is 1. The normalized spacial score (nSPS) is 12.3. The number of aromatic nitrogens is 1. The van der Waals surface area contributed by atoms with Crippen molar-refractivity contribution >= 4 is 17.8 Å². The van der Waals surface area contributed by atoms with Crippen molar-refractivity contribution in [2.45, 2.75) is 51.9 Å². The number of aliphatic carboxylic acids is 1. The average molecular weight is 522 g/mol. The van der Waals surface area contributed by atoms with Crippen LogP contribution in [0.25, 0.3) is 17.2 Å². The molecule has 38 heavy (non-hydrogen) atoms. The number of halogens is 1. The molecule has 8 heteroatoms. The van der Waals surface area contributed by atoms with Gasteiger partial charge in [0.2, 0.25) is 0 Å². The molecular formula is C30H32FNO6. The summed E-state index contributed by atoms with van der Waals surface area (Å²) in [6.07, 6.45) is 0.786. The van der Waals surface area contributed by atoms with Crippen molar-refractivity contribution in [2.24, 2.45) is 7.05 Å². The highest BCUT2D eigenvalue weighted by atomic mass is 19.1. The van der Waals surface area contributed by atoms with Gasteiger partial charge in [0, 0.05) is 30.3 Å². The Labute approximate surface area is 220 Å². The van der Waals surface area contributed by atoms with Gasteiger partial charge in [-0.25, -0.2) is 4.39 Å². The lowest BCUT2D eigenvalue weighted by Gasteiger charge is -2.23. The molecule has 0 fully saturated rings. The number of Topliss-reactive ketones (excluding diaryl/α,β-unsaturated/α-hetero) is 1. The number of pyridine rings is 1. The van der Waals surface area contributed by atoms with E-state index in [0.29, 0.717) is 27.9 Å². The predicted octanol–water partition coefficient (Wildman–Crippen LogP) is 4.84. The molecule has 0 amide bonds. The quantitative estimate of drug-likeness (QED) is 0.331. The Bertz CT molecular complexity index is 1360. The molecule has 0 bridgehead atoms. The van der Waals surface area contributed by atoms with Crippen molar-refractivity contribution in [1.82, 2.24) is 4.57 Å². The number of carbonyl (C=O) groups excluding carboxylic acids is 1. The lowest BCUT2D eigenvalue weighted by Crippen LogP contribution is -2.28. The zero-order valence-electron chi connectivity index (χ0n) is 21.7. The number of aliphatic hydroxyl groups is 1. The monoisotopic (exact) mass is 521 g/mol. The molecule has 7 nitrogen and oxygen atoms in total. The minimum Gasteiger partial charge on any atom is -0.481 e. The number of aliphatic hydroxyl groups excluding tert-OH is 1. The van der Waals surface area contributed by atoms with Crippen LogP contribution in [0.2, 0.25) is 0 Å². The van der Waals surface area contributed by atoms with Crippen LogP contribution in [0.3, 0.4) is 0 Å². The maximum atomic E-state index is 13.8. The fraction of sp³-hybridized carbons (Fsp3) is 0.300. The minimum atomic E-state index is -1.26. The second kappa shape index (κ2) is 13.1. The van der Waals surface area contributed by atoms with E-state index >= 15 is 0 Å². The van der Waals surface area contributed by atoms with Gasteiger partial charge in [0.05, 0.1) is 24.9 Å². The molecule has 2 aromatic carbocycles. The van der Waals surface area contributed by atoms with Gasteiger partial charge in [-0.3, -0.25) is 14.4 Å². The summed E-state index contributed by atoms with van der Waals surface area (Å²) in [6.45, 7) is 4.14. The fourth-order valence-corrected chi connectivity index (χ4v) is 4.43. The first-order valence-corrected chi connectivity index (χ1v) is 12.3. The Morgan fingerprint density at radius 2 is 1.71 bits per heavy atom. The number of ketones is 1. The molecular weight excluding hydrogens is 489 g/mol. The molecule has 3 aromatic rings. The highest BCUT2D eigenvalue weighted by molar-refractivity contribution is 5.95. The predicted molar refractivity (Wildman–Crippen MR) is 143 cm³/mol. The number of benzene rings is 2. The van der Waals surface area contributed by atoms with Crippen LogP contribution in [0.5, 0.6) is 0 Å². The summed E-state index contributed by atoms with van der Waals surface area (Å²) in [5.41, 5.74) is 3.51. The van der Waals surface area contributed by atoms with Gasteiger partial charge < -0.3 is 19.5 Å². The SMILES string of the molecule is CC(C)c1c(/C=C/C(O)CC(=O)CC(=O)O)c(-c2ccc(F)cc2)c(COCc2ccccc2)c(=O)n1C. The summed E-state index contributed by atoms with van der Waals surface area (Å²) < 4.78 is 21.3. The van der Waals surface area contributed by atoms with E-state index in [1.54, 1.807) is 29.8 Å². The first kappa shape index (κ1) is 28.7. The van der Waals surface area contributed by atoms with Crippen molar-refractivity contribution in [2.75, 3.05) is 0 Å². The Morgan fingerprint density at radius 3 is 2.32 bits per heavy atom. The Hall–Kier alpha value is -3.88. The largest absolute Gasteiger partial charge is 0.481 e. The van der Waals surface area contributed by atoms with Gasteiger partial charge in [0.15, 0.2) is 0 Å². The number of hydrogen-bond acceptors (Lipinski definition) is 5. The molecule has 1 aromatic heterocycles. The maximum Gasteiger partial charge on any atom is 0.310 e. The topological polar surface area (TPSA) is 106 Å². The van der Waals surface area contributed by atoms with E-state index in [9.17, 15) is 23.9 Å². The second-order valence-electron chi connectivity index (χ2n) is 9.40. The standard InChI is InChI=1S/C30H32FNO6/c1-19(2)29-25(14-13-23(33)15-24(34)16-27(35)36)28(21-9-11-22(31)12-10-21)26(30(37)32(29)3)18-38-17-20-7-5-4-6-8-20/h4-14,19,23,33H,15-18H2,1-3H3,(H,35,36)/b14-13+. The molecule has 0 saturated heterocycles. The van der Waals surface area contributed by atoms with Crippen molar-refractivity contribution in [3.05, 3.63) is 99.2 Å². The van der Waals surface area contributed by atoms with Gasteiger partial charge in [-0.2, -0.15) is 0 Å². The van der Waals surface area contributed by atoms with E-state index in [1.165, 1.54) is 18.2 Å². The van der Waals surface area contributed by atoms with Crippen molar-refractivity contribution in [1.29, 1.82) is 0 Å². The molecule has 0 spiro atoms. The van der Waals surface area contributed by atoms with E-state index in [0.717, 1.165) is 5.56 Å². The number of nitrogens with zero attached hydrogens (tertiary/aromatic N) is 1. The third-order valence-electron chi connectivity index (χ3n) is 6.08. The molecule has 1 unspecified atom stereocenters. The van der Waals surface area contributed by atoms with Gasteiger partial charge in [-0.1, -0.05) is 68.5 Å². The Balaban J connectivity index is 2.11. The highest BCUT2D eigenvalue weighted by Gasteiger charge is 2.22. The lowest BCUT2D eigenvalue weighted by molar-refractivity contribution is -0.140. The van der Waals surface area contributed by atoms with Crippen LogP contribution < -0.4 is 5.56 Å². The van der Waals surface area contributed by atoms with E-state index < -0.39 is 30.1 Å². The van der Waals surface area contributed by atoms with E-state index in [1.807, 2.05) is 44.2 Å². The number of carbonyl (C=O) groups is 2. The number of ether oxygens (including phenoxy) is 1. The van der Waals surface area contributed by atoms with Crippen molar-refractivity contribution in [3.63, 3.8) is 0 Å². The lowest BCUT2D eigenvalue weighted by atomic mass is 9.90. The van der Waals surface area contributed by atoms with Gasteiger partial charge in [0.25, 0.3) is 5.56 Å². The molecule has 1 heterocycles. The van der Waals surface area contributed by atoms with E-state index in [2.05, 4.69) is 0 Å². The van der Waals surface area contributed by atoms with Crippen LogP contribution in [-0.4, -0.2) is 32.6 Å². The zero-order chi connectivity index (χ0) is 27.8. The van der Waals surface area contributed by atoms with Crippen LogP contribution in [0, 0.1) is 5.82 Å². The molecule has 200 valence electrons. The van der Waals surface area contributed by atoms with Crippen molar-refractivity contribution < 1.29 is 28.9 Å². The summed E-state index contributed by atoms with van der Waals surface area (Å²) in [4.78, 5) is 36.3. The van der Waals surface area contributed by atoms with Gasteiger partial charge in [-0.15, -0.1) is 0 Å². The molecule has 0 aliphatic heterocycles. The van der Waals surface area contributed by atoms with Crippen LogP contribution in [0.15, 0.2) is 65.5 Å². The first-order chi connectivity index (χ1) is 18.1. The number of hydrogen-bond donors (Lipinski definition) is 2. The Morgan fingerprint density at radius 1 is 1.05 bits per heavy atom. The van der Waals surface area contributed by atoms with Crippen LogP contribution >= 0.6 is 0 Å². The molecule has 0 radical (unpaired) electrons. The Kier molecular flexibility index (Phi) is 9.87. The summed E-state index contributed by atoms with van der Waals surface area (Å²) in [6, 6.07) is 15.3. The van der Waals surface area contributed by atoms with Crippen LogP contribution in [-0.2, 0) is 34.6 Å². The highest BCUT2D eigenvalue weighted by Crippen LogP contribution is 2.33. The third-order valence-corrected chi connectivity index (χ3v) is 6.08. The number of carboxylic acid groups (broad SMARTS) is 1. The van der Waals surface area contributed by atoms with Gasteiger partial charge >= 0.3 is 5.97 Å². The molecule has 3 rings (SSSR count). The molecule has 0 aliphatic carbocycles. The van der Waals surface area contributed by atoms with Crippen LogP contribution in [0.1, 0.15) is 55.0 Å². The van der Waals surface area contributed by atoms with Crippen LogP contribution in [0.4, 0.5) is 4.39 Å². The molecule has 0 saturated carbocycles. The maximum absolute atomic E-state index is 13.8. The minimum absolute atomic E-state index is 0.00680. The van der Waals surface area contributed by atoms with Crippen molar-refractivity contribution in [3.8, 4) is 11.1 Å². The molecule has 0 aliphatic rings. The summed E-state index contributed by atoms with van der Waals surface area (Å²) >= 11 is 0. The second-order valence-corrected chi connectivity index (χ2v) is 9.40. The van der Waals surface area contributed by atoms with E-state index in [-0.39, 0.29) is 31.1 Å².